The highest BCUT2D eigenvalue weighted by atomic mass is 32.2. The van der Waals surface area contributed by atoms with Crippen LogP contribution < -0.4 is 5.32 Å². The summed E-state index contributed by atoms with van der Waals surface area (Å²) in [6, 6.07) is 11.3. The number of aliphatic hydroxyl groups is 1. The van der Waals surface area contributed by atoms with Crippen molar-refractivity contribution in [2.45, 2.75) is 23.5 Å². The zero-order valence-electron chi connectivity index (χ0n) is 16.9. The van der Waals surface area contributed by atoms with Crippen molar-refractivity contribution in [2.24, 2.45) is 13.0 Å². The first-order valence-electron chi connectivity index (χ1n) is 10.2. The Labute approximate surface area is 180 Å². The second-order valence-corrected chi connectivity index (χ2v) is 9.97. The number of fused-ring (bicyclic) bond motifs is 3. The zero-order chi connectivity index (χ0) is 21.8. The van der Waals surface area contributed by atoms with Crippen LogP contribution in [0.5, 0.6) is 0 Å². The third kappa shape index (κ3) is 3.33. The second kappa shape index (κ2) is 7.44. The molecule has 2 aliphatic heterocycles. The van der Waals surface area contributed by atoms with Crippen molar-refractivity contribution in [1.82, 2.24) is 13.9 Å². The Morgan fingerprint density at radius 3 is 2.74 bits per heavy atom. The van der Waals surface area contributed by atoms with E-state index in [1.165, 1.54) is 29.0 Å². The lowest BCUT2D eigenvalue weighted by Crippen LogP contribution is -2.42. The van der Waals surface area contributed by atoms with Crippen LogP contribution >= 0.6 is 0 Å². The third-order valence-corrected chi connectivity index (χ3v) is 8.00. The maximum Gasteiger partial charge on any atom is 0.262 e. The Kier molecular flexibility index (Phi) is 4.84. The van der Waals surface area contributed by atoms with E-state index in [0.717, 1.165) is 22.4 Å². The smallest absolute Gasteiger partial charge is 0.262 e. The van der Waals surface area contributed by atoms with Gasteiger partial charge in [-0.2, -0.15) is 4.31 Å². The number of benzene rings is 2. The van der Waals surface area contributed by atoms with Crippen molar-refractivity contribution >= 4 is 15.7 Å². The molecule has 0 amide bonds. The van der Waals surface area contributed by atoms with Crippen molar-refractivity contribution < 1.29 is 17.9 Å². The lowest BCUT2D eigenvalue weighted by atomic mass is 9.82. The Bertz CT molecular complexity index is 1240. The topological polar surface area (TPSA) is 87.5 Å². The van der Waals surface area contributed by atoms with Gasteiger partial charge >= 0.3 is 0 Å². The molecule has 2 aliphatic rings. The van der Waals surface area contributed by atoms with Gasteiger partial charge in [-0.3, -0.25) is 0 Å². The minimum atomic E-state index is -3.81. The molecule has 3 aromatic rings. The summed E-state index contributed by atoms with van der Waals surface area (Å²) in [5.74, 6) is -0.412. The maximum absolute atomic E-state index is 13.8. The van der Waals surface area contributed by atoms with E-state index in [9.17, 15) is 17.9 Å². The van der Waals surface area contributed by atoms with Crippen LogP contribution in [0.4, 0.5) is 10.1 Å². The van der Waals surface area contributed by atoms with E-state index in [1.54, 1.807) is 17.7 Å². The first kappa shape index (κ1) is 20.2. The summed E-state index contributed by atoms with van der Waals surface area (Å²) in [5.41, 5.74) is 3.14. The summed E-state index contributed by atoms with van der Waals surface area (Å²) < 4.78 is 43.7. The number of halogens is 1. The highest BCUT2D eigenvalue weighted by molar-refractivity contribution is 7.89. The van der Waals surface area contributed by atoms with Crippen LogP contribution in [0.1, 0.15) is 18.0 Å². The minimum absolute atomic E-state index is 0.0116. The molecule has 0 unspecified atom stereocenters. The zero-order valence-corrected chi connectivity index (χ0v) is 17.8. The molecule has 9 heteroatoms. The minimum Gasteiger partial charge on any atom is -0.394 e. The third-order valence-electron chi connectivity index (χ3n) is 6.24. The van der Waals surface area contributed by atoms with Crippen LogP contribution in [0.25, 0.3) is 11.1 Å². The molecule has 162 valence electrons. The molecule has 3 atom stereocenters. The second-order valence-electron chi connectivity index (χ2n) is 8.14. The van der Waals surface area contributed by atoms with Crippen LogP contribution in [-0.4, -0.2) is 46.6 Å². The van der Waals surface area contributed by atoms with E-state index in [-0.39, 0.29) is 29.4 Å². The van der Waals surface area contributed by atoms with E-state index >= 15 is 0 Å². The predicted molar refractivity (Wildman–Crippen MR) is 114 cm³/mol. The van der Waals surface area contributed by atoms with Gasteiger partial charge in [0.1, 0.15) is 5.82 Å². The fraction of sp³-hybridized carbons (Fsp3) is 0.318. The van der Waals surface area contributed by atoms with Gasteiger partial charge in [-0.25, -0.2) is 17.8 Å². The Morgan fingerprint density at radius 1 is 1.23 bits per heavy atom. The van der Waals surface area contributed by atoms with Crippen LogP contribution in [0.15, 0.2) is 60.0 Å². The lowest BCUT2D eigenvalue weighted by Gasteiger charge is -2.38. The Balaban J connectivity index is 1.62. The summed E-state index contributed by atoms with van der Waals surface area (Å²) in [4.78, 5) is 4.07. The quantitative estimate of drug-likeness (QED) is 0.649. The number of aliphatic hydroxyl groups excluding tert-OH is 1. The molecular weight excluding hydrogens is 419 g/mol. The van der Waals surface area contributed by atoms with Crippen molar-refractivity contribution in [2.75, 3.05) is 18.5 Å². The highest BCUT2D eigenvalue weighted by Crippen LogP contribution is 2.49. The fourth-order valence-corrected chi connectivity index (χ4v) is 6.41. The normalized spacial score (nSPS) is 23.3. The number of nitrogens with one attached hydrogen (secondary N) is 1. The number of imidazole rings is 1. The first-order chi connectivity index (χ1) is 14.9. The molecule has 0 bridgehead atoms. The molecule has 5 rings (SSSR count). The van der Waals surface area contributed by atoms with Gasteiger partial charge in [-0.15, -0.1) is 0 Å². The molecule has 0 radical (unpaired) electrons. The van der Waals surface area contributed by atoms with Crippen LogP contribution in [-0.2, 0) is 17.1 Å². The summed E-state index contributed by atoms with van der Waals surface area (Å²) >= 11 is 0. The molecule has 0 saturated carbocycles. The van der Waals surface area contributed by atoms with E-state index in [2.05, 4.69) is 10.3 Å². The molecule has 2 N–H and O–H groups in total. The average Bonchev–Trinajstić information content (AvgIpc) is 3.40. The number of hydrogen-bond donors (Lipinski definition) is 2. The molecule has 1 aromatic heterocycles. The van der Waals surface area contributed by atoms with Crippen LogP contribution in [0.2, 0.25) is 0 Å². The summed E-state index contributed by atoms with van der Waals surface area (Å²) in [7, 11) is -2.09. The van der Waals surface area contributed by atoms with Gasteiger partial charge in [0.25, 0.3) is 10.0 Å². The van der Waals surface area contributed by atoms with Crippen LogP contribution in [0.3, 0.4) is 0 Å². The van der Waals surface area contributed by atoms with E-state index in [0.29, 0.717) is 13.0 Å². The monoisotopic (exact) mass is 442 g/mol. The first-order valence-corrected chi connectivity index (χ1v) is 11.6. The number of aromatic nitrogens is 2. The molecule has 2 aromatic carbocycles. The number of rotatable bonds is 4. The summed E-state index contributed by atoms with van der Waals surface area (Å²) in [6.07, 6.45) is 3.59. The van der Waals surface area contributed by atoms with Crippen molar-refractivity contribution in [3.05, 3.63) is 66.4 Å². The number of aryl methyl sites for hydroxylation is 1. The molecule has 1 fully saturated rings. The van der Waals surface area contributed by atoms with Crippen molar-refractivity contribution in [1.29, 1.82) is 0 Å². The SMILES string of the molecule is Cn1cnc(S(=O)(=O)N2CC[C@@H]3[C@H]2c2cc(-c4cccc(F)c4)ccc2N[C@@H]3CO)c1. The van der Waals surface area contributed by atoms with Gasteiger partial charge in [0, 0.05) is 31.4 Å². The number of hydrogen-bond acceptors (Lipinski definition) is 5. The van der Waals surface area contributed by atoms with Gasteiger partial charge in [-0.1, -0.05) is 18.2 Å². The van der Waals surface area contributed by atoms with Gasteiger partial charge < -0.3 is 15.0 Å². The van der Waals surface area contributed by atoms with Crippen molar-refractivity contribution in [3.8, 4) is 11.1 Å². The fourth-order valence-electron chi connectivity index (χ4n) is 4.78. The van der Waals surface area contributed by atoms with Crippen molar-refractivity contribution in [3.63, 3.8) is 0 Å². The van der Waals surface area contributed by atoms with E-state index in [4.69, 9.17) is 0 Å². The van der Waals surface area contributed by atoms with Gasteiger partial charge in [0.15, 0.2) is 5.03 Å². The average molecular weight is 443 g/mol. The van der Waals surface area contributed by atoms with Gasteiger partial charge in [0.05, 0.1) is 25.0 Å². The predicted octanol–water partition coefficient (Wildman–Crippen LogP) is 2.76. The number of sulfonamides is 1. The Morgan fingerprint density at radius 2 is 2.03 bits per heavy atom. The molecule has 0 spiro atoms. The van der Waals surface area contributed by atoms with Gasteiger partial charge in [0.2, 0.25) is 0 Å². The molecule has 7 nitrogen and oxygen atoms in total. The van der Waals surface area contributed by atoms with Gasteiger partial charge in [-0.05, 0) is 47.4 Å². The number of nitrogens with zero attached hydrogens (tertiary/aromatic N) is 3. The highest BCUT2D eigenvalue weighted by Gasteiger charge is 2.49. The Hall–Kier alpha value is -2.75. The molecule has 3 heterocycles. The molecule has 1 saturated heterocycles. The summed E-state index contributed by atoms with van der Waals surface area (Å²) in [6.45, 7) is 0.250. The lowest BCUT2D eigenvalue weighted by molar-refractivity contribution is 0.210. The van der Waals surface area contributed by atoms with E-state index in [1.807, 2.05) is 24.3 Å². The molecule has 0 aliphatic carbocycles. The number of anilines is 1. The molecule has 31 heavy (non-hydrogen) atoms. The molecular formula is C22H23FN4O3S. The summed E-state index contributed by atoms with van der Waals surface area (Å²) in [5, 5.41) is 13.3. The van der Waals surface area contributed by atoms with Crippen LogP contribution in [0, 0.1) is 11.7 Å². The maximum atomic E-state index is 13.8. The largest absolute Gasteiger partial charge is 0.394 e. The van der Waals surface area contributed by atoms with E-state index < -0.39 is 16.1 Å². The standard InChI is InChI=1S/C22H23FN4O3S/c1-26-11-21(24-13-26)31(29,30)27-8-7-17-20(12-28)25-19-6-5-15(10-18(19)22(17)27)14-3-2-4-16(23)9-14/h2-6,9-11,13,17,20,22,25,28H,7-8,12H2,1H3/t17-,20+,22-/m0/s1.